The zero-order chi connectivity index (χ0) is 25.4. The number of carbonyl (C=O) groups is 1. The van der Waals surface area contributed by atoms with E-state index in [1.165, 1.54) is 11.1 Å². The van der Waals surface area contributed by atoms with Crippen molar-refractivity contribution in [1.29, 1.82) is 0 Å². The van der Waals surface area contributed by atoms with Crippen molar-refractivity contribution in [2.75, 3.05) is 13.1 Å². The van der Waals surface area contributed by atoms with Crippen molar-refractivity contribution in [1.82, 2.24) is 14.6 Å². The first-order chi connectivity index (χ1) is 15.6. The van der Waals surface area contributed by atoms with Crippen LogP contribution >= 0.6 is 22.9 Å². The van der Waals surface area contributed by atoms with Crippen LogP contribution in [-0.2, 0) is 20.3 Å². The molecule has 0 aliphatic carbocycles. The molecule has 0 saturated carbocycles. The third kappa shape index (κ3) is 6.74. The van der Waals surface area contributed by atoms with Gasteiger partial charge in [-0.25, -0.2) is 18.2 Å². The van der Waals surface area contributed by atoms with Gasteiger partial charge in [-0.1, -0.05) is 11.6 Å². The van der Waals surface area contributed by atoms with Gasteiger partial charge in [-0.2, -0.15) is 4.72 Å². The summed E-state index contributed by atoms with van der Waals surface area (Å²) in [5, 5.41) is 0.418. The average Bonchev–Trinajstić information content (AvgIpc) is 3.13. The van der Waals surface area contributed by atoms with Gasteiger partial charge >= 0.3 is 12.5 Å². The first-order valence-electron chi connectivity index (χ1n) is 10.1. The lowest BCUT2D eigenvalue weighted by Gasteiger charge is -2.41. The van der Waals surface area contributed by atoms with Crippen LogP contribution in [0.5, 0.6) is 5.75 Å². The maximum absolute atomic E-state index is 13.1. The number of carbonyl (C=O) groups excluding carboxylic acids is 1. The Morgan fingerprint density at radius 1 is 1.18 bits per heavy atom. The number of aromatic nitrogens is 1. The Bertz CT molecular complexity index is 1120. The lowest BCUT2D eigenvalue weighted by atomic mass is 9.89. The summed E-state index contributed by atoms with van der Waals surface area (Å²) in [5.74, 6) is -0.543. The number of benzene rings is 1. The lowest BCUT2D eigenvalue weighted by molar-refractivity contribution is -0.274. The number of halogens is 4. The van der Waals surface area contributed by atoms with Crippen molar-refractivity contribution in [2.24, 2.45) is 0 Å². The van der Waals surface area contributed by atoms with E-state index in [0.29, 0.717) is 9.34 Å². The number of ether oxygens (including phenoxy) is 2. The highest BCUT2D eigenvalue weighted by Gasteiger charge is 2.44. The Morgan fingerprint density at radius 3 is 2.24 bits per heavy atom. The normalized spacial score (nSPS) is 16.9. The largest absolute Gasteiger partial charge is 0.573 e. The third-order valence-electron chi connectivity index (χ3n) is 4.85. The van der Waals surface area contributed by atoms with Gasteiger partial charge in [0.2, 0.25) is 10.0 Å². The number of nitrogens with one attached hydrogen (secondary N) is 1. The summed E-state index contributed by atoms with van der Waals surface area (Å²) >= 11 is 7.15. The molecular formula is C20H23ClF3N3O5S2. The third-order valence-corrected chi connectivity index (χ3v) is 7.72. The van der Waals surface area contributed by atoms with Crippen molar-refractivity contribution >= 4 is 39.1 Å². The summed E-state index contributed by atoms with van der Waals surface area (Å²) in [5.41, 5.74) is -1.85. The molecule has 14 heteroatoms. The molecule has 1 aliphatic rings. The SMILES string of the molecule is CC(C)(C)OC(=O)N1CCC(NS(=O)(=O)c2ccc(OC(F)(F)F)cc2)(c2ncc(Cl)s2)CC1. The number of nitrogens with zero attached hydrogens (tertiary/aromatic N) is 2. The molecule has 1 aromatic heterocycles. The predicted octanol–water partition coefficient (Wildman–Crippen LogP) is 4.90. The first-order valence-corrected chi connectivity index (χ1v) is 12.8. The zero-order valence-corrected chi connectivity index (χ0v) is 20.9. The molecule has 0 spiro atoms. The van der Waals surface area contributed by atoms with Crippen LogP contribution in [0.25, 0.3) is 0 Å². The van der Waals surface area contributed by atoms with E-state index in [1.807, 2.05) is 0 Å². The number of hydrogen-bond acceptors (Lipinski definition) is 7. The number of amides is 1. The maximum Gasteiger partial charge on any atom is 0.573 e. The summed E-state index contributed by atoms with van der Waals surface area (Å²) in [6, 6.07) is 3.86. The van der Waals surface area contributed by atoms with Crippen LogP contribution < -0.4 is 9.46 Å². The van der Waals surface area contributed by atoms with Gasteiger partial charge in [-0.3, -0.25) is 0 Å². The molecule has 8 nitrogen and oxygen atoms in total. The van der Waals surface area contributed by atoms with Crippen molar-refractivity contribution in [3.05, 3.63) is 39.8 Å². The quantitative estimate of drug-likeness (QED) is 0.578. The Labute approximate surface area is 204 Å². The molecule has 1 aromatic carbocycles. The summed E-state index contributed by atoms with van der Waals surface area (Å²) in [7, 11) is -4.18. The maximum atomic E-state index is 13.1. The summed E-state index contributed by atoms with van der Waals surface area (Å²) < 4.78 is 75.7. The minimum absolute atomic E-state index is 0.185. The number of piperidine rings is 1. The number of thiazole rings is 1. The van der Waals surface area contributed by atoms with E-state index in [-0.39, 0.29) is 30.8 Å². The molecule has 1 N–H and O–H groups in total. The van der Waals surface area contributed by atoms with Crippen LogP contribution in [0.3, 0.4) is 0 Å². The van der Waals surface area contributed by atoms with Crippen molar-refractivity contribution in [3.8, 4) is 5.75 Å². The number of alkyl halides is 3. The second-order valence-corrected chi connectivity index (χ2v) is 12.0. The molecule has 1 fully saturated rings. The van der Waals surface area contributed by atoms with E-state index in [4.69, 9.17) is 16.3 Å². The summed E-state index contributed by atoms with van der Waals surface area (Å²) in [6.07, 6.45) is -3.63. The van der Waals surface area contributed by atoms with Gasteiger partial charge in [0.1, 0.15) is 20.7 Å². The summed E-state index contributed by atoms with van der Waals surface area (Å²) in [6.45, 7) is 5.61. The highest BCUT2D eigenvalue weighted by atomic mass is 35.5. The number of rotatable bonds is 5. The fourth-order valence-corrected chi connectivity index (χ4v) is 5.98. The molecule has 0 radical (unpaired) electrons. The van der Waals surface area contributed by atoms with Gasteiger partial charge in [0, 0.05) is 13.1 Å². The monoisotopic (exact) mass is 541 g/mol. The molecule has 188 valence electrons. The number of sulfonamides is 1. The molecular weight excluding hydrogens is 519 g/mol. The topological polar surface area (TPSA) is 97.8 Å². The molecule has 2 heterocycles. The Morgan fingerprint density at radius 2 is 1.76 bits per heavy atom. The molecule has 34 heavy (non-hydrogen) atoms. The fourth-order valence-electron chi connectivity index (χ4n) is 3.37. The van der Waals surface area contributed by atoms with Crippen molar-refractivity contribution < 1.29 is 35.9 Å². The molecule has 0 bridgehead atoms. The molecule has 1 amide bonds. The van der Waals surface area contributed by atoms with E-state index < -0.39 is 39.4 Å². The van der Waals surface area contributed by atoms with Gasteiger partial charge < -0.3 is 14.4 Å². The van der Waals surface area contributed by atoms with Gasteiger partial charge in [0.15, 0.2) is 0 Å². The van der Waals surface area contributed by atoms with Crippen LogP contribution in [0.2, 0.25) is 4.34 Å². The minimum atomic E-state index is -4.89. The van der Waals surface area contributed by atoms with Crippen molar-refractivity contribution in [2.45, 2.75) is 56.0 Å². The molecule has 2 aromatic rings. The van der Waals surface area contributed by atoms with Gasteiger partial charge in [-0.05, 0) is 57.9 Å². The molecule has 3 rings (SSSR count). The van der Waals surface area contributed by atoms with Crippen LogP contribution in [-0.4, -0.2) is 49.4 Å². The second kappa shape index (κ2) is 9.51. The Kier molecular flexibility index (Phi) is 7.42. The van der Waals surface area contributed by atoms with E-state index in [2.05, 4.69) is 14.4 Å². The Balaban J connectivity index is 1.83. The number of hydrogen-bond donors (Lipinski definition) is 1. The average molecular weight is 542 g/mol. The molecule has 0 atom stereocenters. The molecule has 1 saturated heterocycles. The highest BCUT2D eigenvalue weighted by Crippen LogP contribution is 2.38. The van der Waals surface area contributed by atoms with Gasteiger partial charge in [0.05, 0.1) is 16.6 Å². The Hall–Kier alpha value is -2.09. The van der Waals surface area contributed by atoms with Gasteiger partial charge in [-0.15, -0.1) is 24.5 Å². The van der Waals surface area contributed by atoms with Crippen LogP contribution in [0.4, 0.5) is 18.0 Å². The number of likely N-dealkylation sites (tertiary alicyclic amines) is 1. The standard InChI is InChI=1S/C20H23ClF3N3O5S2/c1-18(2,3)32-17(28)27-10-8-19(9-11-27,16-25-12-15(21)33-16)26-34(29,30)14-6-4-13(5-7-14)31-20(22,23)24/h4-7,12,26H,8-11H2,1-3H3. The summed E-state index contributed by atoms with van der Waals surface area (Å²) in [4.78, 5) is 17.9. The van der Waals surface area contributed by atoms with E-state index in [1.54, 1.807) is 20.8 Å². The minimum Gasteiger partial charge on any atom is -0.444 e. The highest BCUT2D eigenvalue weighted by molar-refractivity contribution is 7.89. The van der Waals surface area contributed by atoms with E-state index in [9.17, 15) is 26.4 Å². The van der Waals surface area contributed by atoms with Crippen LogP contribution in [0.15, 0.2) is 35.4 Å². The molecule has 1 aliphatic heterocycles. The molecule has 0 unspecified atom stereocenters. The van der Waals surface area contributed by atoms with E-state index in [0.717, 1.165) is 35.6 Å². The zero-order valence-electron chi connectivity index (χ0n) is 18.5. The first kappa shape index (κ1) is 26.5. The smallest absolute Gasteiger partial charge is 0.444 e. The fraction of sp³-hybridized carbons (Fsp3) is 0.500. The van der Waals surface area contributed by atoms with Crippen molar-refractivity contribution in [3.63, 3.8) is 0 Å². The van der Waals surface area contributed by atoms with Crippen LogP contribution in [0, 0.1) is 0 Å². The lowest BCUT2D eigenvalue weighted by Crippen LogP contribution is -2.54. The van der Waals surface area contributed by atoms with Gasteiger partial charge in [0.25, 0.3) is 0 Å². The predicted molar refractivity (Wildman–Crippen MR) is 119 cm³/mol. The van der Waals surface area contributed by atoms with E-state index >= 15 is 0 Å². The second-order valence-electron chi connectivity index (χ2n) is 8.64. The van der Waals surface area contributed by atoms with Crippen LogP contribution in [0.1, 0.15) is 38.6 Å².